The first-order chi connectivity index (χ1) is 7.75. The third-order valence-corrected chi connectivity index (χ3v) is 4.36. The molecule has 2 aromatic heterocycles. The van der Waals surface area contributed by atoms with Crippen molar-refractivity contribution >= 4 is 37.4 Å². The monoisotopic (exact) mass is 342 g/mol. The second-order valence-electron chi connectivity index (χ2n) is 4.34. The normalized spacial score (nSPS) is 17.4. The van der Waals surface area contributed by atoms with Crippen molar-refractivity contribution in [1.29, 1.82) is 0 Å². The van der Waals surface area contributed by atoms with Crippen molar-refractivity contribution in [3.05, 3.63) is 33.2 Å². The van der Waals surface area contributed by atoms with Gasteiger partial charge in [-0.2, -0.15) is 0 Å². The predicted octanol–water partition coefficient (Wildman–Crippen LogP) is 4.52. The van der Waals surface area contributed by atoms with Gasteiger partial charge in [-0.15, -0.1) is 0 Å². The van der Waals surface area contributed by atoms with E-state index in [1.807, 2.05) is 0 Å². The van der Waals surface area contributed by atoms with E-state index >= 15 is 0 Å². The Balaban J connectivity index is 2.19. The zero-order valence-electron chi connectivity index (χ0n) is 8.79. The number of fused-ring (bicyclic) bond motifs is 1. The lowest BCUT2D eigenvalue weighted by atomic mass is 10.1. The maximum absolute atomic E-state index is 4.67. The Labute approximate surface area is 111 Å². The first-order valence-electron chi connectivity index (χ1n) is 5.59. The molecule has 0 bridgehead atoms. The van der Waals surface area contributed by atoms with E-state index in [1.54, 1.807) is 0 Å². The summed E-state index contributed by atoms with van der Waals surface area (Å²) < 4.78 is 4.27. The molecule has 16 heavy (non-hydrogen) atoms. The molecule has 0 radical (unpaired) electrons. The van der Waals surface area contributed by atoms with Crippen molar-refractivity contribution in [3.8, 4) is 0 Å². The van der Waals surface area contributed by atoms with Gasteiger partial charge in [0.05, 0.1) is 5.52 Å². The largest absolute Gasteiger partial charge is 0.301 e. The van der Waals surface area contributed by atoms with E-state index in [2.05, 4.69) is 59.6 Å². The summed E-state index contributed by atoms with van der Waals surface area (Å²) >= 11 is 7.06. The lowest BCUT2D eigenvalue weighted by Gasteiger charge is -2.07. The summed E-state index contributed by atoms with van der Waals surface area (Å²) in [7, 11) is 0. The predicted molar refractivity (Wildman–Crippen MR) is 71.8 cm³/mol. The fourth-order valence-electron chi connectivity index (χ4n) is 2.52. The lowest BCUT2D eigenvalue weighted by molar-refractivity contribution is 0.664. The van der Waals surface area contributed by atoms with Gasteiger partial charge in [-0.1, -0.05) is 12.8 Å². The average molecular weight is 344 g/mol. The Hall–Kier alpha value is -0.350. The number of aromatic nitrogens is 2. The molecular weight excluding hydrogens is 332 g/mol. The van der Waals surface area contributed by atoms with Crippen LogP contribution >= 0.6 is 31.9 Å². The van der Waals surface area contributed by atoms with Gasteiger partial charge in [0.2, 0.25) is 0 Å². The molecule has 0 aliphatic heterocycles. The van der Waals surface area contributed by atoms with Gasteiger partial charge in [-0.05, 0) is 56.8 Å². The van der Waals surface area contributed by atoms with Crippen molar-refractivity contribution in [2.24, 2.45) is 0 Å². The first-order valence-corrected chi connectivity index (χ1v) is 7.17. The lowest BCUT2D eigenvalue weighted by Crippen LogP contribution is -1.99. The number of nitrogens with zero attached hydrogens (tertiary/aromatic N) is 2. The van der Waals surface area contributed by atoms with Crippen molar-refractivity contribution in [2.75, 3.05) is 0 Å². The van der Waals surface area contributed by atoms with Crippen LogP contribution in [-0.4, -0.2) is 9.38 Å². The fraction of sp³-hybridized carbons (Fsp3) is 0.417. The van der Waals surface area contributed by atoms with Gasteiger partial charge in [0.25, 0.3) is 0 Å². The van der Waals surface area contributed by atoms with Crippen LogP contribution in [0.5, 0.6) is 0 Å². The van der Waals surface area contributed by atoms with Crippen LogP contribution in [0.1, 0.15) is 37.4 Å². The third kappa shape index (κ3) is 1.72. The van der Waals surface area contributed by atoms with Gasteiger partial charge in [0.15, 0.2) is 0 Å². The number of halogens is 2. The summed E-state index contributed by atoms with van der Waals surface area (Å²) in [6.07, 6.45) is 7.34. The number of hydrogen-bond donors (Lipinski definition) is 0. The maximum atomic E-state index is 4.67. The molecule has 4 heteroatoms. The molecule has 0 saturated heterocycles. The van der Waals surface area contributed by atoms with E-state index in [1.165, 1.54) is 31.5 Å². The zero-order valence-corrected chi connectivity index (χ0v) is 12.0. The molecule has 0 aromatic carbocycles. The maximum Gasteiger partial charge on any atom is 0.132 e. The Morgan fingerprint density at radius 2 is 1.94 bits per heavy atom. The van der Waals surface area contributed by atoms with Crippen molar-refractivity contribution < 1.29 is 0 Å². The molecule has 3 rings (SSSR count). The highest BCUT2D eigenvalue weighted by atomic mass is 79.9. The number of imidazole rings is 1. The minimum atomic E-state index is 0.632. The van der Waals surface area contributed by atoms with Gasteiger partial charge < -0.3 is 4.40 Å². The topological polar surface area (TPSA) is 17.3 Å². The van der Waals surface area contributed by atoms with Crippen LogP contribution in [0.3, 0.4) is 0 Å². The first kappa shape index (κ1) is 10.8. The Morgan fingerprint density at radius 3 is 2.69 bits per heavy atom. The molecule has 0 N–H and O–H groups in total. The molecule has 0 amide bonds. The number of pyridine rings is 1. The summed E-state index contributed by atoms with van der Waals surface area (Å²) in [4.78, 5) is 4.67. The highest BCUT2D eigenvalue weighted by Crippen LogP contribution is 2.35. The summed E-state index contributed by atoms with van der Waals surface area (Å²) in [5.41, 5.74) is 1.16. The molecule has 0 unspecified atom stereocenters. The number of rotatable bonds is 1. The fourth-order valence-corrected chi connectivity index (χ4v) is 3.36. The average Bonchev–Trinajstić information content (AvgIpc) is 2.86. The second kappa shape index (κ2) is 4.15. The Morgan fingerprint density at radius 1 is 1.19 bits per heavy atom. The van der Waals surface area contributed by atoms with E-state index in [-0.39, 0.29) is 0 Å². The smallest absolute Gasteiger partial charge is 0.132 e. The summed E-state index contributed by atoms with van der Waals surface area (Å²) in [6, 6.07) is 4.15. The molecule has 1 saturated carbocycles. The minimum absolute atomic E-state index is 0.632. The van der Waals surface area contributed by atoms with Crippen LogP contribution < -0.4 is 0 Å². The summed E-state index contributed by atoms with van der Waals surface area (Å²) in [6.45, 7) is 0. The Bertz CT molecular complexity index is 527. The van der Waals surface area contributed by atoms with E-state index < -0.39 is 0 Å². The Kier molecular flexibility index (Phi) is 2.80. The van der Waals surface area contributed by atoms with Crippen LogP contribution in [-0.2, 0) is 0 Å². The molecule has 2 nitrogen and oxygen atoms in total. The molecule has 1 aliphatic carbocycles. The summed E-state index contributed by atoms with van der Waals surface area (Å²) in [5, 5.41) is 0. The van der Waals surface area contributed by atoms with Gasteiger partial charge in [0.1, 0.15) is 10.4 Å². The standard InChI is InChI=1S/C12H12Br2N2/c13-9-5-6-10-11(14)15-12(16(10)7-9)8-3-1-2-4-8/h5-8H,1-4H2. The van der Waals surface area contributed by atoms with Crippen LogP contribution in [0.4, 0.5) is 0 Å². The van der Waals surface area contributed by atoms with E-state index in [0.29, 0.717) is 5.92 Å². The molecule has 84 valence electrons. The van der Waals surface area contributed by atoms with Gasteiger partial charge >= 0.3 is 0 Å². The molecular formula is C12H12Br2N2. The van der Waals surface area contributed by atoms with Crippen molar-refractivity contribution in [3.63, 3.8) is 0 Å². The van der Waals surface area contributed by atoms with Gasteiger partial charge in [-0.3, -0.25) is 0 Å². The molecule has 0 atom stereocenters. The zero-order chi connectivity index (χ0) is 11.1. The van der Waals surface area contributed by atoms with Crippen molar-refractivity contribution in [1.82, 2.24) is 9.38 Å². The molecule has 1 fully saturated rings. The molecule has 2 heterocycles. The SMILES string of the molecule is Brc1ccc2c(Br)nc(C3CCCC3)n2c1. The van der Waals surface area contributed by atoms with Crippen LogP contribution in [0, 0.1) is 0 Å². The van der Waals surface area contributed by atoms with E-state index in [4.69, 9.17) is 0 Å². The van der Waals surface area contributed by atoms with Crippen LogP contribution in [0.15, 0.2) is 27.4 Å². The van der Waals surface area contributed by atoms with E-state index in [0.717, 1.165) is 14.6 Å². The van der Waals surface area contributed by atoms with E-state index in [9.17, 15) is 0 Å². The third-order valence-electron chi connectivity index (χ3n) is 3.30. The van der Waals surface area contributed by atoms with Crippen LogP contribution in [0.25, 0.3) is 5.52 Å². The van der Waals surface area contributed by atoms with Gasteiger partial charge in [-0.25, -0.2) is 4.98 Å². The van der Waals surface area contributed by atoms with Crippen LogP contribution in [0.2, 0.25) is 0 Å². The van der Waals surface area contributed by atoms with Crippen molar-refractivity contribution in [2.45, 2.75) is 31.6 Å². The molecule has 2 aromatic rings. The number of hydrogen-bond acceptors (Lipinski definition) is 1. The van der Waals surface area contributed by atoms with Gasteiger partial charge in [0, 0.05) is 16.6 Å². The summed E-state index contributed by atoms with van der Waals surface area (Å²) in [5.74, 6) is 1.84. The minimum Gasteiger partial charge on any atom is -0.301 e. The molecule has 0 spiro atoms. The highest BCUT2D eigenvalue weighted by molar-refractivity contribution is 9.10. The highest BCUT2D eigenvalue weighted by Gasteiger charge is 2.22. The molecule has 1 aliphatic rings. The quantitative estimate of drug-likeness (QED) is 0.744. The second-order valence-corrected chi connectivity index (χ2v) is 6.01.